The molecule has 0 fully saturated rings. The fourth-order valence-corrected chi connectivity index (χ4v) is 3.82. The molecule has 158 valence electrons. The van der Waals surface area contributed by atoms with Crippen molar-refractivity contribution in [3.63, 3.8) is 0 Å². The number of halogens is 3. The third kappa shape index (κ3) is 3.92. The molecule has 2 aliphatic rings. The zero-order valence-electron chi connectivity index (χ0n) is 16.8. The van der Waals surface area contributed by atoms with E-state index in [1.807, 2.05) is 18.0 Å². The summed E-state index contributed by atoms with van der Waals surface area (Å²) in [6, 6.07) is 3.48. The van der Waals surface area contributed by atoms with Crippen molar-refractivity contribution in [3.8, 4) is 0 Å². The van der Waals surface area contributed by atoms with Gasteiger partial charge in [0.15, 0.2) is 0 Å². The van der Waals surface area contributed by atoms with Gasteiger partial charge in [-0.15, -0.1) is 0 Å². The first-order valence-corrected chi connectivity index (χ1v) is 9.82. The molecule has 0 aliphatic carbocycles. The summed E-state index contributed by atoms with van der Waals surface area (Å²) < 4.78 is 46.3. The molecule has 2 aliphatic heterocycles. The highest BCUT2D eigenvalue weighted by Crippen LogP contribution is 2.35. The Kier molecular flexibility index (Phi) is 5.76. The topological polar surface area (TPSA) is 50.3 Å². The molecule has 0 bridgehead atoms. The van der Waals surface area contributed by atoms with Crippen LogP contribution in [0.1, 0.15) is 42.5 Å². The van der Waals surface area contributed by atoms with E-state index in [2.05, 4.69) is 21.4 Å². The summed E-state index contributed by atoms with van der Waals surface area (Å²) in [4.78, 5) is 10.7. The number of alkyl halides is 2. The predicted molar refractivity (Wildman–Crippen MR) is 110 cm³/mol. The molecule has 0 saturated heterocycles. The third-order valence-electron chi connectivity index (χ3n) is 5.39. The molecule has 0 saturated carbocycles. The summed E-state index contributed by atoms with van der Waals surface area (Å²) >= 11 is 0. The van der Waals surface area contributed by atoms with E-state index in [1.54, 1.807) is 6.92 Å². The lowest BCUT2D eigenvalue weighted by Crippen LogP contribution is -2.28. The molecule has 1 N–H and O–H groups in total. The van der Waals surface area contributed by atoms with Crippen molar-refractivity contribution in [2.75, 3.05) is 37.0 Å². The van der Waals surface area contributed by atoms with Crippen LogP contribution >= 0.6 is 0 Å². The molecule has 4 rings (SSSR count). The summed E-state index contributed by atoms with van der Waals surface area (Å²) in [5, 5.41) is 3.18. The van der Waals surface area contributed by atoms with Gasteiger partial charge in [0.2, 0.25) is 0 Å². The Morgan fingerprint density at radius 2 is 1.97 bits per heavy atom. The van der Waals surface area contributed by atoms with Gasteiger partial charge in [0.1, 0.15) is 23.8 Å². The summed E-state index contributed by atoms with van der Waals surface area (Å²) in [7, 11) is 1.95. The molecule has 30 heavy (non-hydrogen) atoms. The van der Waals surface area contributed by atoms with E-state index in [0.717, 1.165) is 41.6 Å². The number of nitrogens with one attached hydrogen (secondary N) is 1. The highest BCUT2D eigenvalue weighted by atomic mass is 19.3. The molecule has 0 spiro atoms. The lowest BCUT2D eigenvalue weighted by atomic mass is 9.97. The number of hydrogen-bond acceptors (Lipinski definition) is 5. The van der Waals surface area contributed by atoms with Gasteiger partial charge in [0, 0.05) is 19.2 Å². The van der Waals surface area contributed by atoms with Gasteiger partial charge in [0.25, 0.3) is 6.43 Å². The Bertz CT molecular complexity index is 1010. The van der Waals surface area contributed by atoms with Crippen molar-refractivity contribution in [2.45, 2.75) is 25.8 Å². The number of anilines is 2. The average molecular weight is 416 g/mol. The number of hydrogen-bond donors (Lipinski definition) is 1. The standard InChI is InChI=1S/C22H23F3N4O/c1-13(16-6-3-7-17(19(16)23)20(24)25)28-21-18-9-15(14-5-4-8-30-11-14)10-29(2)22(18)27-12-26-21/h3,5-7,9,12-13,20H,4,8,10-11H2,1-2H3,(H,26,27,28)/t13-/m1/s1. The van der Waals surface area contributed by atoms with E-state index in [-0.39, 0.29) is 5.56 Å². The number of likely N-dealkylation sites (N-methyl/N-ethyl adjacent to an activating group) is 1. The molecular weight excluding hydrogens is 393 g/mol. The maximum absolute atomic E-state index is 14.6. The van der Waals surface area contributed by atoms with E-state index in [4.69, 9.17) is 4.74 Å². The highest BCUT2D eigenvalue weighted by Gasteiger charge is 2.24. The van der Waals surface area contributed by atoms with Crippen LogP contribution in [0.5, 0.6) is 0 Å². The van der Waals surface area contributed by atoms with Gasteiger partial charge < -0.3 is 15.0 Å². The average Bonchev–Trinajstić information content (AvgIpc) is 2.74. The van der Waals surface area contributed by atoms with Crippen LogP contribution in [0.25, 0.3) is 6.08 Å². The molecule has 0 amide bonds. The Labute approximate surface area is 173 Å². The molecule has 1 atom stereocenters. The molecule has 0 unspecified atom stereocenters. The van der Waals surface area contributed by atoms with Crippen LogP contribution in [0.2, 0.25) is 0 Å². The molecule has 3 heterocycles. The molecule has 1 aromatic carbocycles. The fraction of sp³-hybridized carbons (Fsp3) is 0.364. The Hall–Kier alpha value is -2.87. The number of aromatic nitrogens is 2. The third-order valence-corrected chi connectivity index (χ3v) is 5.39. The zero-order valence-corrected chi connectivity index (χ0v) is 16.8. The Morgan fingerprint density at radius 3 is 2.70 bits per heavy atom. The summed E-state index contributed by atoms with van der Waals surface area (Å²) in [6.07, 6.45) is 3.65. The number of benzene rings is 1. The van der Waals surface area contributed by atoms with Crippen molar-refractivity contribution < 1.29 is 17.9 Å². The highest BCUT2D eigenvalue weighted by molar-refractivity contribution is 5.80. The van der Waals surface area contributed by atoms with E-state index < -0.39 is 23.8 Å². The normalized spacial score (nSPS) is 17.3. The molecule has 5 nitrogen and oxygen atoms in total. The Balaban J connectivity index is 1.68. The van der Waals surface area contributed by atoms with Crippen molar-refractivity contribution in [1.82, 2.24) is 9.97 Å². The van der Waals surface area contributed by atoms with Crippen LogP contribution in [0, 0.1) is 5.82 Å². The smallest absolute Gasteiger partial charge is 0.266 e. The van der Waals surface area contributed by atoms with Gasteiger partial charge >= 0.3 is 0 Å². The second kappa shape index (κ2) is 8.47. The fourth-order valence-electron chi connectivity index (χ4n) is 3.82. The van der Waals surface area contributed by atoms with Crippen molar-refractivity contribution >= 4 is 17.7 Å². The Morgan fingerprint density at radius 1 is 1.17 bits per heavy atom. The van der Waals surface area contributed by atoms with Crippen molar-refractivity contribution in [3.05, 3.63) is 64.3 Å². The molecule has 1 aromatic heterocycles. The van der Waals surface area contributed by atoms with Gasteiger partial charge in [-0.3, -0.25) is 0 Å². The molecule has 2 aromatic rings. The van der Waals surface area contributed by atoms with Gasteiger partial charge in [-0.1, -0.05) is 24.3 Å². The van der Waals surface area contributed by atoms with E-state index >= 15 is 0 Å². The van der Waals surface area contributed by atoms with Crippen LogP contribution in [0.3, 0.4) is 0 Å². The minimum atomic E-state index is -2.87. The van der Waals surface area contributed by atoms with Gasteiger partial charge in [-0.25, -0.2) is 23.1 Å². The van der Waals surface area contributed by atoms with Crippen LogP contribution in [-0.2, 0) is 4.74 Å². The number of nitrogens with zero attached hydrogens (tertiary/aromatic N) is 3. The maximum Gasteiger partial charge on any atom is 0.266 e. The largest absolute Gasteiger partial charge is 0.376 e. The summed E-state index contributed by atoms with van der Waals surface area (Å²) in [5.74, 6) is 0.381. The minimum absolute atomic E-state index is 0.164. The first kappa shape index (κ1) is 20.4. The monoisotopic (exact) mass is 416 g/mol. The van der Waals surface area contributed by atoms with Crippen LogP contribution in [0.15, 0.2) is 41.7 Å². The van der Waals surface area contributed by atoms with Crippen LogP contribution in [0.4, 0.5) is 24.8 Å². The first-order valence-electron chi connectivity index (χ1n) is 9.82. The lowest BCUT2D eigenvalue weighted by Gasteiger charge is -2.30. The van der Waals surface area contributed by atoms with Crippen LogP contribution < -0.4 is 10.2 Å². The molecule has 8 heteroatoms. The second-order valence-electron chi connectivity index (χ2n) is 7.47. The number of ether oxygens (including phenoxy) is 1. The van der Waals surface area contributed by atoms with Crippen molar-refractivity contribution in [1.29, 1.82) is 0 Å². The second-order valence-corrected chi connectivity index (χ2v) is 7.47. The van der Waals surface area contributed by atoms with Gasteiger partial charge in [0.05, 0.1) is 30.4 Å². The summed E-state index contributed by atoms with van der Waals surface area (Å²) in [6.45, 7) is 3.70. The van der Waals surface area contributed by atoms with Gasteiger partial charge in [-0.2, -0.15) is 0 Å². The maximum atomic E-state index is 14.6. The quantitative estimate of drug-likeness (QED) is 0.751. The molecule has 0 radical (unpaired) electrons. The minimum Gasteiger partial charge on any atom is -0.376 e. The number of rotatable bonds is 5. The van der Waals surface area contributed by atoms with Crippen LogP contribution in [-0.4, -0.2) is 36.8 Å². The number of fused-ring (bicyclic) bond motifs is 1. The first-order chi connectivity index (χ1) is 14.5. The van der Waals surface area contributed by atoms with E-state index in [9.17, 15) is 13.2 Å². The van der Waals surface area contributed by atoms with Gasteiger partial charge in [-0.05, 0) is 30.6 Å². The SMILES string of the molecule is C[C@@H](Nc1ncnc2c1C=C(C1=CCCOC1)CN2C)c1cccc(C(F)F)c1F. The predicted octanol–water partition coefficient (Wildman–Crippen LogP) is 4.91. The zero-order chi connectivity index (χ0) is 21.3. The summed E-state index contributed by atoms with van der Waals surface area (Å²) in [5.41, 5.74) is 2.59. The van der Waals surface area contributed by atoms with Crippen molar-refractivity contribution in [2.24, 2.45) is 0 Å². The molecular formula is C22H23F3N4O. The van der Waals surface area contributed by atoms with E-state index in [0.29, 0.717) is 19.0 Å². The van der Waals surface area contributed by atoms with E-state index in [1.165, 1.54) is 18.5 Å². The lowest BCUT2D eigenvalue weighted by molar-refractivity contribution is 0.146.